The molecule has 0 radical (unpaired) electrons. The van der Waals surface area contributed by atoms with Gasteiger partial charge in [0.15, 0.2) is 0 Å². The fourth-order valence-electron chi connectivity index (χ4n) is 3.55. The van der Waals surface area contributed by atoms with Crippen LogP contribution < -0.4 is 9.64 Å². The number of carbonyl (C=O) groups excluding carboxylic acids is 2. The zero-order valence-corrected chi connectivity index (χ0v) is 16.6. The smallest absolute Gasteiger partial charge is 0.316 e. The summed E-state index contributed by atoms with van der Waals surface area (Å²) < 4.78 is 5.55. The number of carbonyl (C=O) groups is 2. The van der Waals surface area contributed by atoms with Crippen molar-refractivity contribution in [2.75, 3.05) is 11.4 Å². The first kappa shape index (κ1) is 18.9. The predicted octanol–water partition coefficient (Wildman–Crippen LogP) is 4.93. The fourth-order valence-corrected chi connectivity index (χ4v) is 3.55. The average Bonchev–Trinajstić information content (AvgIpc) is 3.13. The Morgan fingerprint density at radius 1 is 0.897 bits per heavy atom. The summed E-state index contributed by atoms with van der Waals surface area (Å²) >= 11 is 0. The van der Waals surface area contributed by atoms with Crippen LogP contribution in [0.2, 0.25) is 0 Å². The van der Waals surface area contributed by atoms with Crippen molar-refractivity contribution >= 4 is 17.6 Å². The molecule has 146 valence electrons. The van der Waals surface area contributed by atoms with Crippen LogP contribution in [0.15, 0.2) is 72.8 Å². The lowest BCUT2D eigenvalue weighted by molar-refractivity contribution is -0.139. The fraction of sp³-hybridized carbons (Fsp3) is 0.200. The number of hydrogen-bond donors (Lipinski definition) is 0. The third kappa shape index (κ3) is 4.06. The predicted molar refractivity (Wildman–Crippen MR) is 114 cm³/mol. The van der Waals surface area contributed by atoms with Crippen molar-refractivity contribution in [3.8, 4) is 16.9 Å². The van der Waals surface area contributed by atoms with E-state index in [4.69, 9.17) is 4.74 Å². The number of rotatable bonds is 4. The normalized spacial score (nSPS) is 16.1. The molecule has 29 heavy (non-hydrogen) atoms. The highest BCUT2D eigenvalue weighted by atomic mass is 16.5. The molecule has 1 atom stereocenters. The molecule has 1 aliphatic heterocycles. The zero-order valence-electron chi connectivity index (χ0n) is 16.6. The molecule has 1 aliphatic rings. The van der Waals surface area contributed by atoms with E-state index in [0.717, 1.165) is 22.4 Å². The Hall–Kier alpha value is -3.40. The summed E-state index contributed by atoms with van der Waals surface area (Å²) in [5.41, 5.74) is 5.30. The molecule has 0 bridgehead atoms. The molecule has 0 aromatic heterocycles. The van der Waals surface area contributed by atoms with Gasteiger partial charge in [0, 0.05) is 18.7 Å². The Morgan fingerprint density at radius 3 is 2.28 bits per heavy atom. The lowest BCUT2D eigenvalue weighted by atomic mass is 10.1. The third-order valence-electron chi connectivity index (χ3n) is 5.44. The summed E-state index contributed by atoms with van der Waals surface area (Å²) in [4.78, 5) is 26.7. The molecule has 1 heterocycles. The van der Waals surface area contributed by atoms with Gasteiger partial charge in [-0.1, -0.05) is 48.5 Å². The lowest BCUT2D eigenvalue weighted by Gasteiger charge is -2.17. The molecular weight excluding hydrogens is 362 g/mol. The van der Waals surface area contributed by atoms with Crippen molar-refractivity contribution in [3.63, 3.8) is 0 Å². The standard InChI is InChI=1S/C25H23NO3/c1-17-8-11-22(14-18(17)2)26-16-21(15-24(26)27)25(28)29-23-12-9-20(10-13-23)19-6-4-3-5-7-19/h3-14,21H,15-16H2,1-2H3/t21-/m0/s1. The van der Waals surface area contributed by atoms with Crippen LogP contribution in [-0.2, 0) is 9.59 Å². The number of hydrogen-bond acceptors (Lipinski definition) is 3. The second kappa shape index (κ2) is 7.92. The van der Waals surface area contributed by atoms with Gasteiger partial charge in [-0.05, 0) is 60.4 Å². The molecule has 4 rings (SSSR count). The Morgan fingerprint density at radius 2 is 1.59 bits per heavy atom. The van der Waals surface area contributed by atoms with Gasteiger partial charge in [-0.25, -0.2) is 0 Å². The first-order valence-electron chi connectivity index (χ1n) is 9.76. The van der Waals surface area contributed by atoms with E-state index in [0.29, 0.717) is 12.3 Å². The summed E-state index contributed by atoms with van der Waals surface area (Å²) in [7, 11) is 0. The molecular formula is C25H23NO3. The summed E-state index contributed by atoms with van der Waals surface area (Å²) in [6.07, 6.45) is 0.174. The van der Waals surface area contributed by atoms with E-state index in [1.165, 1.54) is 5.56 Å². The van der Waals surface area contributed by atoms with Crippen molar-refractivity contribution in [2.24, 2.45) is 5.92 Å². The molecule has 0 saturated carbocycles. The molecule has 1 amide bonds. The number of esters is 1. The van der Waals surface area contributed by atoms with Gasteiger partial charge in [-0.3, -0.25) is 9.59 Å². The Labute approximate surface area is 170 Å². The summed E-state index contributed by atoms with van der Waals surface area (Å²) in [6.45, 7) is 4.40. The topological polar surface area (TPSA) is 46.6 Å². The molecule has 0 unspecified atom stereocenters. The first-order chi connectivity index (χ1) is 14.0. The van der Waals surface area contributed by atoms with E-state index >= 15 is 0 Å². The largest absolute Gasteiger partial charge is 0.426 e. The van der Waals surface area contributed by atoms with E-state index in [1.807, 2.05) is 74.5 Å². The van der Waals surface area contributed by atoms with Crippen LogP contribution in [-0.4, -0.2) is 18.4 Å². The molecule has 0 N–H and O–H groups in total. The van der Waals surface area contributed by atoms with E-state index in [1.54, 1.807) is 17.0 Å². The van der Waals surface area contributed by atoms with Gasteiger partial charge < -0.3 is 9.64 Å². The molecule has 3 aromatic carbocycles. The highest BCUT2D eigenvalue weighted by Crippen LogP contribution is 2.28. The van der Waals surface area contributed by atoms with Crippen LogP contribution in [0, 0.1) is 19.8 Å². The number of nitrogens with zero attached hydrogens (tertiary/aromatic N) is 1. The molecule has 0 spiro atoms. The van der Waals surface area contributed by atoms with Gasteiger partial charge in [0.25, 0.3) is 0 Å². The van der Waals surface area contributed by atoms with Crippen molar-refractivity contribution in [1.29, 1.82) is 0 Å². The lowest BCUT2D eigenvalue weighted by Crippen LogP contribution is -2.27. The van der Waals surface area contributed by atoms with Crippen molar-refractivity contribution in [2.45, 2.75) is 20.3 Å². The summed E-state index contributed by atoms with van der Waals surface area (Å²) in [5, 5.41) is 0. The minimum atomic E-state index is -0.460. The van der Waals surface area contributed by atoms with Crippen LogP contribution in [0.5, 0.6) is 5.75 Å². The van der Waals surface area contributed by atoms with Gasteiger partial charge >= 0.3 is 5.97 Å². The molecule has 4 heteroatoms. The molecule has 1 fully saturated rings. The van der Waals surface area contributed by atoms with Gasteiger partial charge in [-0.2, -0.15) is 0 Å². The number of benzene rings is 3. The number of aryl methyl sites for hydroxylation is 2. The molecule has 3 aromatic rings. The highest BCUT2D eigenvalue weighted by molar-refractivity contribution is 5.99. The number of ether oxygens (including phenoxy) is 1. The molecule has 4 nitrogen and oxygen atoms in total. The minimum Gasteiger partial charge on any atom is -0.426 e. The SMILES string of the molecule is Cc1ccc(N2C[C@@H](C(=O)Oc3ccc(-c4ccccc4)cc3)CC2=O)cc1C. The maximum atomic E-state index is 12.6. The summed E-state index contributed by atoms with van der Waals surface area (Å²) in [6, 6.07) is 23.4. The third-order valence-corrected chi connectivity index (χ3v) is 5.44. The monoisotopic (exact) mass is 385 g/mol. The zero-order chi connectivity index (χ0) is 20.4. The summed E-state index contributed by atoms with van der Waals surface area (Å²) in [5.74, 6) is -0.378. The Bertz CT molecular complexity index is 1040. The minimum absolute atomic E-state index is 0.0466. The van der Waals surface area contributed by atoms with E-state index < -0.39 is 5.92 Å². The van der Waals surface area contributed by atoms with Gasteiger partial charge in [0.2, 0.25) is 5.91 Å². The highest BCUT2D eigenvalue weighted by Gasteiger charge is 2.36. The van der Waals surface area contributed by atoms with Gasteiger partial charge in [0.05, 0.1) is 5.92 Å². The van der Waals surface area contributed by atoms with Crippen LogP contribution in [0.1, 0.15) is 17.5 Å². The maximum Gasteiger partial charge on any atom is 0.316 e. The van der Waals surface area contributed by atoms with Crippen molar-refractivity contribution in [1.82, 2.24) is 0 Å². The van der Waals surface area contributed by atoms with E-state index in [2.05, 4.69) is 0 Å². The van der Waals surface area contributed by atoms with Crippen molar-refractivity contribution < 1.29 is 14.3 Å². The van der Waals surface area contributed by atoms with Crippen LogP contribution in [0.25, 0.3) is 11.1 Å². The Balaban J connectivity index is 1.42. The molecule has 1 saturated heterocycles. The van der Waals surface area contributed by atoms with Crippen LogP contribution in [0.3, 0.4) is 0 Å². The quantitative estimate of drug-likeness (QED) is 0.473. The Kier molecular flexibility index (Phi) is 5.17. The van der Waals surface area contributed by atoms with Crippen LogP contribution >= 0.6 is 0 Å². The van der Waals surface area contributed by atoms with Gasteiger partial charge in [-0.15, -0.1) is 0 Å². The second-order valence-electron chi connectivity index (χ2n) is 7.49. The first-order valence-corrected chi connectivity index (χ1v) is 9.76. The van der Waals surface area contributed by atoms with E-state index in [-0.39, 0.29) is 18.3 Å². The average molecular weight is 385 g/mol. The van der Waals surface area contributed by atoms with Crippen molar-refractivity contribution in [3.05, 3.63) is 83.9 Å². The maximum absolute atomic E-state index is 12.6. The van der Waals surface area contributed by atoms with Crippen LogP contribution in [0.4, 0.5) is 5.69 Å². The molecule has 0 aliphatic carbocycles. The second-order valence-corrected chi connectivity index (χ2v) is 7.49. The van der Waals surface area contributed by atoms with E-state index in [9.17, 15) is 9.59 Å². The number of amides is 1. The van der Waals surface area contributed by atoms with Gasteiger partial charge in [0.1, 0.15) is 5.75 Å². The number of anilines is 1.